The lowest BCUT2D eigenvalue weighted by Gasteiger charge is -2.19. The van der Waals surface area contributed by atoms with Crippen LogP contribution >= 0.6 is 0 Å². The van der Waals surface area contributed by atoms with Gasteiger partial charge in [0.2, 0.25) is 10.0 Å². The predicted molar refractivity (Wildman–Crippen MR) is 119 cm³/mol. The Morgan fingerprint density at radius 2 is 1.38 bits per heavy atom. The van der Waals surface area contributed by atoms with Gasteiger partial charge < -0.3 is 4.42 Å². The molecule has 1 aromatic heterocycles. The molecule has 9 heteroatoms. The lowest BCUT2D eigenvalue weighted by atomic mass is 9.87. The fourth-order valence-electron chi connectivity index (χ4n) is 2.83. The maximum Gasteiger partial charge on any atom is 0.269 e. The third-order valence-electron chi connectivity index (χ3n) is 4.75. The molecule has 0 aliphatic carbocycles. The molecule has 0 saturated heterocycles. The highest BCUT2D eigenvalue weighted by Crippen LogP contribution is 2.22. The molecule has 2 amide bonds. The van der Waals surface area contributed by atoms with Crippen molar-refractivity contribution in [1.82, 2.24) is 15.6 Å². The van der Waals surface area contributed by atoms with Crippen molar-refractivity contribution in [2.24, 2.45) is 0 Å². The minimum atomic E-state index is -3.77. The summed E-state index contributed by atoms with van der Waals surface area (Å²) in [5, 5.41) is 0. The molecule has 0 unspecified atom stereocenters. The van der Waals surface area contributed by atoms with E-state index in [1.54, 1.807) is 24.3 Å². The van der Waals surface area contributed by atoms with Crippen LogP contribution in [-0.4, -0.2) is 20.2 Å². The SMILES string of the molecule is CC(C)(C)c1ccc(C(=O)NNC(=O)c2ccc(S(=O)(=O)NCc3ccco3)cc2)cc1. The van der Waals surface area contributed by atoms with Crippen LogP contribution in [0.1, 0.15) is 52.8 Å². The van der Waals surface area contributed by atoms with E-state index >= 15 is 0 Å². The number of benzene rings is 2. The molecule has 0 aliphatic heterocycles. The van der Waals surface area contributed by atoms with E-state index in [9.17, 15) is 18.0 Å². The third kappa shape index (κ3) is 5.83. The van der Waals surface area contributed by atoms with Gasteiger partial charge in [-0.05, 0) is 59.5 Å². The molecule has 0 spiro atoms. The summed E-state index contributed by atoms with van der Waals surface area (Å²) in [6.07, 6.45) is 1.46. The molecule has 0 atom stereocenters. The van der Waals surface area contributed by atoms with E-state index in [-0.39, 0.29) is 22.4 Å². The molecule has 3 rings (SSSR count). The molecule has 32 heavy (non-hydrogen) atoms. The smallest absolute Gasteiger partial charge is 0.269 e. The predicted octanol–water partition coefficient (Wildman–Crippen LogP) is 3.13. The van der Waals surface area contributed by atoms with Crippen molar-refractivity contribution in [3.8, 4) is 0 Å². The number of rotatable bonds is 6. The van der Waals surface area contributed by atoms with Crippen LogP contribution in [0.5, 0.6) is 0 Å². The summed E-state index contributed by atoms with van der Waals surface area (Å²) in [5.74, 6) is -0.550. The Morgan fingerprint density at radius 1 is 0.844 bits per heavy atom. The minimum Gasteiger partial charge on any atom is -0.468 e. The first kappa shape index (κ1) is 23.2. The summed E-state index contributed by atoms with van der Waals surface area (Å²) in [6.45, 7) is 6.25. The second kappa shape index (κ2) is 9.37. The van der Waals surface area contributed by atoms with Gasteiger partial charge in [-0.1, -0.05) is 32.9 Å². The lowest BCUT2D eigenvalue weighted by molar-refractivity contribution is 0.0846. The lowest BCUT2D eigenvalue weighted by Crippen LogP contribution is -2.41. The van der Waals surface area contributed by atoms with Gasteiger partial charge in [-0.2, -0.15) is 0 Å². The molecule has 3 aromatic rings. The summed E-state index contributed by atoms with van der Waals surface area (Å²) in [4.78, 5) is 24.6. The van der Waals surface area contributed by atoms with Crippen molar-refractivity contribution in [2.45, 2.75) is 37.6 Å². The summed E-state index contributed by atoms with van der Waals surface area (Å²) in [7, 11) is -3.77. The maximum atomic E-state index is 12.4. The number of amides is 2. The van der Waals surface area contributed by atoms with Crippen LogP contribution in [0.25, 0.3) is 0 Å². The summed E-state index contributed by atoms with van der Waals surface area (Å²) < 4.78 is 32.2. The van der Waals surface area contributed by atoms with E-state index in [0.717, 1.165) is 5.56 Å². The first-order chi connectivity index (χ1) is 15.1. The van der Waals surface area contributed by atoms with E-state index in [4.69, 9.17) is 4.42 Å². The van der Waals surface area contributed by atoms with Crippen LogP contribution < -0.4 is 15.6 Å². The van der Waals surface area contributed by atoms with E-state index < -0.39 is 21.8 Å². The number of sulfonamides is 1. The van der Waals surface area contributed by atoms with Crippen molar-refractivity contribution in [3.05, 3.63) is 89.4 Å². The van der Waals surface area contributed by atoms with Gasteiger partial charge in [0.1, 0.15) is 5.76 Å². The van der Waals surface area contributed by atoms with Gasteiger partial charge in [0.15, 0.2) is 0 Å². The standard InChI is InChI=1S/C23H25N3O5S/c1-23(2,3)18-10-6-16(7-11-18)21(27)25-26-22(28)17-8-12-20(13-9-17)32(29,30)24-15-19-5-4-14-31-19/h4-14,24H,15H2,1-3H3,(H,25,27)(H,26,28). The van der Waals surface area contributed by atoms with Crippen LogP contribution in [-0.2, 0) is 22.0 Å². The van der Waals surface area contributed by atoms with Gasteiger partial charge in [0.25, 0.3) is 11.8 Å². The van der Waals surface area contributed by atoms with Gasteiger partial charge in [0, 0.05) is 11.1 Å². The molecule has 0 radical (unpaired) electrons. The van der Waals surface area contributed by atoms with Gasteiger partial charge in [0.05, 0.1) is 17.7 Å². The number of hydrazine groups is 1. The third-order valence-corrected chi connectivity index (χ3v) is 6.16. The molecule has 3 N–H and O–H groups in total. The molecule has 0 aliphatic rings. The van der Waals surface area contributed by atoms with Crippen molar-refractivity contribution in [1.29, 1.82) is 0 Å². The summed E-state index contributed by atoms with van der Waals surface area (Å²) in [6, 6.07) is 15.8. The summed E-state index contributed by atoms with van der Waals surface area (Å²) >= 11 is 0. The number of carbonyl (C=O) groups excluding carboxylic acids is 2. The Balaban J connectivity index is 1.57. The second-order valence-electron chi connectivity index (χ2n) is 8.16. The number of nitrogens with one attached hydrogen (secondary N) is 3. The zero-order valence-corrected chi connectivity index (χ0v) is 18.8. The monoisotopic (exact) mass is 455 g/mol. The molecular formula is C23H25N3O5S. The normalized spacial score (nSPS) is 11.7. The van der Waals surface area contributed by atoms with Gasteiger partial charge in [-0.25, -0.2) is 13.1 Å². The first-order valence-corrected chi connectivity index (χ1v) is 11.4. The molecule has 0 fully saturated rings. The fraction of sp³-hybridized carbons (Fsp3) is 0.217. The number of hydrogen-bond acceptors (Lipinski definition) is 5. The van der Waals surface area contributed by atoms with E-state index in [1.807, 2.05) is 12.1 Å². The highest BCUT2D eigenvalue weighted by atomic mass is 32.2. The summed E-state index contributed by atoms with van der Waals surface area (Å²) in [5.41, 5.74) is 6.34. The second-order valence-corrected chi connectivity index (χ2v) is 9.93. The van der Waals surface area contributed by atoms with Crippen LogP contribution in [0.3, 0.4) is 0 Å². The Bertz CT molecular complexity index is 1180. The zero-order valence-electron chi connectivity index (χ0n) is 18.0. The number of carbonyl (C=O) groups is 2. The highest BCUT2D eigenvalue weighted by Gasteiger charge is 2.17. The average Bonchev–Trinajstić information content (AvgIpc) is 3.29. The average molecular weight is 456 g/mol. The maximum absolute atomic E-state index is 12.4. The zero-order chi connectivity index (χ0) is 23.4. The van der Waals surface area contributed by atoms with E-state index in [1.165, 1.54) is 30.5 Å². The van der Waals surface area contributed by atoms with Crippen molar-refractivity contribution in [3.63, 3.8) is 0 Å². The molecule has 1 heterocycles. The highest BCUT2D eigenvalue weighted by molar-refractivity contribution is 7.89. The topological polar surface area (TPSA) is 118 Å². The Hall–Kier alpha value is -3.43. The van der Waals surface area contributed by atoms with Crippen LogP contribution in [0.15, 0.2) is 76.2 Å². The van der Waals surface area contributed by atoms with Gasteiger partial charge >= 0.3 is 0 Å². The van der Waals surface area contributed by atoms with Crippen molar-refractivity contribution < 1.29 is 22.4 Å². The van der Waals surface area contributed by atoms with Crippen molar-refractivity contribution in [2.75, 3.05) is 0 Å². The van der Waals surface area contributed by atoms with Crippen LogP contribution in [0, 0.1) is 0 Å². The van der Waals surface area contributed by atoms with Crippen molar-refractivity contribution >= 4 is 21.8 Å². The molecule has 0 saturated carbocycles. The van der Waals surface area contributed by atoms with E-state index in [2.05, 4.69) is 36.3 Å². The largest absolute Gasteiger partial charge is 0.468 e. The number of furan rings is 1. The molecule has 0 bridgehead atoms. The molecule has 2 aromatic carbocycles. The van der Waals surface area contributed by atoms with Gasteiger partial charge in [-0.15, -0.1) is 0 Å². The number of hydrogen-bond donors (Lipinski definition) is 3. The Labute approximate surface area is 187 Å². The van der Waals surface area contributed by atoms with Gasteiger partial charge in [-0.3, -0.25) is 20.4 Å². The quantitative estimate of drug-likeness (QED) is 0.494. The molecule has 8 nitrogen and oxygen atoms in total. The Kier molecular flexibility index (Phi) is 6.81. The Morgan fingerprint density at radius 3 is 1.84 bits per heavy atom. The minimum absolute atomic E-state index is 0.00331. The van der Waals surface area contributed by atoms with Crippen LogP contribution in [0.4, 0.5) is 0 Å². The molecule has 168 valence electrons. The molecular weight excluding hydrogens is 430 g/mol. The fourth-order valence-corrected chi connectivity index (χ4v) is 3.82. The van der Waals surface area contributed by atoms with Crippen LogP contribution in [0.2, 0.25) is 0 Å². The first-order valence-electron chi connectivity index (χ1n) is 9.89. The van der Waals surface area contributed by atoms with E-state index in [0.29, 0.717) is 11.3 Å².